The van der Waals surface area contributed by atoms with Crippen LogP contribution >= 0.6 is 0 Å². The molecule has 18 heavy (non-hydrogen) atoms. The number of hydrogen-bond donors (Lipinski definition) is 2. The predicted octanol–water partition coefficient (Wildman–Crippen LogP) is 0.905. The first-order valence-corrected chi connectivity index (χ1v) is 6.45. The maximum atomic E-state index is 11.4. The first kappa shape index (κ1) is 12.9. The summed E-state index contributed by atoms with van der Waals surface area (Å²) in [6.07, 6.45) is 2.34. The fraction of sp³-hybridized carbons (Fsp3) is 0.500. The fourth-order valence-corrected chi connectivity index (χ4v) is 2.37. The number of fused-ring (bicyclic) bond motifs is 1. The highest BCUT2D eigenvalue weighted by atomic mass is 16.1. The van der Waals surface area contributed by atoms with Gasteiger partial charge in [0.25, 0.3) is 0 Å². The molecule has 0 fully saturated rings. The molecule has 1 amide bonds. The number of aryl methyl sites for hydroxylation is 1. The average molecular weight is 247 g/mol. The van der Waals surface area contributed by atoms with E-state index in [9.17, 15) is 4.79 Å². The summed E-state index contributed by atoms with van der Waals surface area (Å²) in [5.74, 6) is 0.0346. The Hall–Kier alpha value is -1.55. The van der Waals surface area contributed by atoms with Crippen molar-refractivity contribution < 1.29 is 4.79 Å². The average Bonchev–Trinajstić information content (AvgIpc) is 2.37. The summed E-state index contributed by atoms with van der Waals surface area (Å²) in [7, 11) is 3.90. The second-order valence-electron chi connectivity index (χ2n) is 4.80. The zero-order valence-corrected chi connectivity index (χ0v) is 11.1. The van der Waals surface area contributed by atoms with Gasteiger partial charge in [-0.25, -0.2) is 0 Å². The van der Waals surface area contributed by atoms with Gasteiger partial charge in [0.1, 0.15) is 0 Å². The van der Waals surface area contributed by atoms with E-state index < -0.39 is 0 Å². The molecule has 2 N–H and O–H groups in total. The maximum Gasteiger partial charge on any atom is 0.234 e. The van der Waals surface area contributed by atoms with Gasteiger partial charge in [0.05, 0.1) is 6.54 Å². The Bertz CT molecular complexity index is 431. The van der Waals surface area contributed by atoms with Gasteiger partial charge in [-0.1, -0.05) is 12.1 Å². The molecule has 0 atom stereocenters. The van der Waals surface area contributed by atoms with Crippen LogP contribution in [-0.2, 0) is 17.8 Å². The van der Waals surface area contributed by atoms with Gasteiger partial charge in [0.2, 0.25) is 5.91 Å². The minimum atomic E-state index is 0.0346. The van der Waals surface area contributed by atoms with Gasteiger partial charge >= 0.3 is 0 Å². The first-order valence-electron chi connectivity index (χ1n) is 6.45. The van der Waals surface area contributed by atoms with E-state index in [1.807, 2.05) is 0 Å². The summed E-state index contributed by atoms with van der Waals surface area (Å²) in [4.78, 5) is 13.7. The van der Waals surface area contributed by atoms with E-state index in [0.717, 1.165) is 13.0 Å². The summed E-state index contributed by atoms with van der Waals surface area (Å²) in [5.41, 5.74) is 3.89. The van der Waals surface area contributed by atoms with Gasteiger partial charge in [-0.15, -0.1) is 0 Å². The van der Waals surface area contributed by atoms with Gasteiger partial charge in [0.15, 0.2) is 0 Å². The number of rotatable bonds is 4. The molecule has 1 aliphatic rings. The highest BCUT2D eigenvalue weighted by molar-refractivity contribution is 5.77. The first-order chi connectivity index (χ1) is 8.70. The molecular formula is C14H21N3O. The molecule has 0 saturated heterocycles. The maximum absolute atomic E-state index is 11.4. The van der Waals surface area contributed by atoms with Crippen LogP contribution in [0.3, 0.4) is 0 Å². The Balaban J connectivity index is 2.00. The quantitative estimate of drug-likeness (QED) is 0.831. The van der Waals surface area contributed by atoms with Crippen LogP contribution in [0.15, 0.2) is 18.2 Å². The zero-order chi connectivity index (χ0) is 13.0. The Labute approximate surface area is 108 Å². The van der Waals surface area contributed by atoms with Crippen molar-refractivity contribution in [3.05, 3.63) is 29.3 Å². The molecule has 0 radical (unpaired) electrons. The summed E-state index contributed by atoms with van der Waals surface area (Å²) in [6, 6.07) is 6.47. The van der Waals surface area contributed by atoms with E-state index in [0.29, 0.717) is 13.1 Å². The standard InChI is InChI=1S/C14H21N3O/c1-15-10-14(18)16-9-11-5-6-13-12(8-11)4-3-7-17(13)2/h5-6,8,15H,3-4,7,9-10H2,1-2H3,(H,16,18). The lowest BCUT2D eigenvalue weighted by Crippen LogP contribution is -2.31. The number of carbonyl (C=O) groups excluding carboxylic acids is 1. The lowest BCUT2D eigenvalue weighted by molar-refractivity contribution is -0.120. The fourth-order valence-electron chi connectivity index (χ4n) is 2.37. The van der Waals surface area contributed by atoms with Crippen molar-refractivity contribution in [2.45, 2.75) is 19.4 Å². The normalized spacial score (nSPS) is 14.2. The second kappa shape index (κ2) is 5.87. The van der Waals surface area contributed by atoms with Gasteiger partial charge < -0.3 is 15.5 Å². The highest BCUT2D eigenvalue weighted by Gasteiger charge is 2.13. The van der Waals surface area contributed by atoms with E-state index in [1.54, 1.807) is 7.05 Å². The van der Waals surface area contributed by atoms with Crippen LogP contribution in [0.5, 0.6) is 0 Å². The third-order valence-corrected chi connectivity index (χ3v) is 3.32. The van der Waals surface area contributed by atoms with Gasteiger partial charge in [-0.2, -0.15) is 0 Å². The monoisotopic (exact) mass is 247 g/mol. The molecule has 1 heterocycles. The van der Waals surface area contributed by atoms with Crippen molar-refractivity contribution in [1.82, 2.24) is 10.6 Å². The highest BCUT2D eigenvalue weighted by Crippen LogP contribution is 2.26. The number of hydrogen-bond acceptors (Lipinski definition) is 3. The molecule has 2 rings (SSSR count). The van der Waals surface area contributed by atoms with E-state index in [2.05, 4.69) is 40.8 Å². The molecule has 0 bridgehead atoms. The number of amides is 1. The molecule has 4 nitrogen and oxygen atoms in total. The molecule has 0 aromatic heterocycles. The SMILES string of the molecule is CNCC(=O)NCc1ccc2c(c1)CCCN2C. The van der Waals surface area contributed by atoms with Crippen molar-refractivity contribution in [1.29, 1.82) is 0 Å². The van der Waals surface area contributed by atoms with Crippen LogP contribution in [0, 0.1) is 0 Å². The molecule has 1 aliphatic heterocycles. The van der Waals surface area contributed by atoms with Gasteiger partial charge in [0, 0.05) is 25.8 Å². The summed E-state index contributed by atoms with van der Waals surface area (Å²) >= 11 is 0. The van der Waals surface area contributed by atoms with Crippen LogP contribution in [-0.4, -0.2) is 33.1 Å². The molecule has 0 unspecified atom stereocenters. The molecule has 0 aliphatic carbocycles. The molecule has 0 saturated carbocycles. The number of nitrogens with one attached hydrogen (secondary N) is 2. The van der Waals surface area contributed by atoms with E-state index in [4.69, 9.17) is 0 Å². The summed E-state index contributed by atoms with van der Waals surface area (Å²) in [6.45, 7) is 2.11. The Morgan fingerprint density at radius 1 is 1.44 bits per heavy atom. The smallest absolute Gasteiger partial charge is 0.234 e. The van der Waals surface area contributed by atoms with Crippen molar-refractivity contribution in [2.75, 3.05) is 32.1 Å². The lowest BCUT2D eigenvalue weighted by atomic mass is 9.99. The minimum Gasteiger partial charge on any atom is -0.374 e. The zero-order valence-electron chi connectivity index (χ0n) is 11.1. The Morgan fingerprint density at radius 2 is 2.28 bits per heavy atom. The lowest BCUT2D eigenvalue weighted by Gasteiger charge is -2.27. The van der Waals surface area contributed by atoms with Crippen molar-refractivity contribution in [2.24, 2.45) is 0 Å². The topological polar surface area (TPSA) is 44.4 Å². The number of nitrogens with zero attached hydrogens (tertiary/aromatic N) is 1. The number of carbonyl (C=O) groups is 1. The molecule has 4 heteroatoms. The molecule has 1 aromatic rings. The summed E-state index contributed by atoms with van der Waals surface area (Å²) in [5, 5.41) is 5.74. The Kier molecular flexibility index (Phi) is 4.20. The molecule has 0 spiro atoms. The van der Waals surface area contributed by atoms with Crippen LogP contribution in [0.4, 0.5) is 5.69 Å². The molecule has 1 aromatic carbocycles. The number of likely N-dealkylation sites (N-methyl/N-ethyl adjacent to an activating group) is 1. The van der Waals surface area contributed by atoms with Crippen LogP contribution in [0.25, 0.3) is 0 Å². The number of anilines is 1. The molecule has 98 valence electrons. The van der Waals surface area contributed by atoms with Crippen molar-refractivity contribution in [3.8, 4) is 0 Å². The van der Waals surface area contributed by atoms with E-state index in [1.165, 1.54) is 23.2 Å². The van der Waals surface area contributed by atoms with E-state index in [-0.39, 0.29) is 5.91 Å². The van der Waals surface area contributed by atoms with Crippen LogP contribution in [0.1, 0.15) is 17.5 Å². The van der Waals surface area contributed by atoms with Gasteiger partial charge in [-0.05, 0) is 37.1 Å². The van der Waals surface area contributed by atoms with E-state index >= 15 is 0 Å². The second-order valence-corrected chi connectivity index (χ2v) is 4.80. The molecular weight excluding hydrogens is 226 g/mol. The summed E-state index contributed by atoms with van der Waals surface area (Å²) < 4.78 is 0. The largest absolute Gasteiger partial charge is 0.374 e. The predicted molar refractivity (Wildman–Crippen MR) is 73.8 cm³/mol. The van der Waals surface area contributed by atoms with Crippen LogP contribution < -0.4 is 15.5 Å². The van der Waals surface area contributed by atoms with Crippen molar-refractivity contribution >= 4 is 11.6 Å². The third-order valence-electron chi connectivity index (χ3n) is 3.32. The Morgan fingerprint density at radius 3 is 3.06 bits per heavy atom. The van der Waals surface area contributed by atoms with Crippen LogP contribution in [0.2, 0.25) is 0 Å². The number of benzene rings is 1. The van der Waals surface area contributed by atoms with Crippen molar-refractivity contribution in [3.63, 3.8) is 0 Å². The van der Waals surface area contributed by atoms with Gasteiger partial charge in [-0.3, -0.25) is 4.79 Å². The third kappa shape index (κ3) is 3.01. The minimum absolute atomic E-state index is 0.0346.